The van der Waals surface area contributed by atoms with E-state index in [-0.39, 0.29) is 11.7 Å². The molecule has 1 heterocycles. The molecular weight excluding hydrogens is 376 g/mol. The smallest absolute Gasteiger partial charge is 0.239 e. The molecule has 0 spiro atoms. The number of benzene rings is 2. The molecule has 0 aliphatic heterocycles. The van der Waals surface area contributed by atoms with Crippen molar-refractivity contribution < 1.29 is 9.00 Å². The van der Waals surface area contributed by atoms with Gasteiger partial charge in [0.25, 0.3) is 0 Å². The van der Waals surface area contributed by atoms with Crippen LogP contribution in [0.15, 0.2) is 58.8 Å². The van der Waals surface area contributed by atoms with Gasteiger partial charge in [-0.15, -0.1) is 11.3 Å². The molecule has 1 amide bonds. The van der Waals surface area contributed by atoms with Gasteiger partial charge in [0, 0.05) is 20.9 Å². The first-order chi connectivity index (χ1) is 12.0. The molecule has 0 aliphatic rings. The predicted molar refractivity (Wildman–Crippen MR) is 104 cm³/mol. The van der Waals surface area contributed by atoms with E-state index in [0.717, 1.165) is 16.8 Å². The number of hydrogen-bond acceptors (Lipinski definition) is 4. The summed E-state index contributed by atoms with van der Waals surface area (Å²) in [7, 11) is -1.38. The molecule has 3 aromatic rings. The average Bonchev–Trinajstić information content (AvgIpc) is 3.04. The highest BCUT2D eigenvalue weighted by atomic mass is 35.5. The molecule has 1 atom stereocenters. The minimum Gasteiger partial charge on any atom is -0.301 e. The number of nitrogens with one attached hydrogen (secondary N) is 1. The molecular formula is C18H15ClN2O2S2. The molecule has 1 aromatic heterocycles. The van der Waals surface area contributed by atoms with Crippen LogP contribution in [0.4, 0.5) is 5.13 Å². The van der Waals surface area contributed by atoms with Crippen molar-refractivity contribution in [3.05, 3.63) is 64.5 Å². The molecule has 1 N–H and O–H groups in total. The molecule has 4 nitrogen and oxygen atoms in total. The molecule has 0 fully saturated rings. The largest absolute Gasteiger partial charge is 0.301 e. The summed E-state index contributed by atoms with van der Waals surface area (Å²) < 4.78 is 12.3. The van der Waals surface area contributed by atoms with Crippen LogP contribution in [0.1, 0.15) is 5.56 Å². The highest BCUT2D eigenvalue weighted by Gasteiger charge is 2.14. The van der Waals surface area contributed by atoms with Gasteiger partial charge in [0.05, 0.1) is 16.5 Å². The second-order valence-electron chi connectivity index (χ2n) is 5.35. The zero-order chi connectivity index (χ0) is 17.8. The Labute approximate surface area is 157 Å². The van der Waals surface area contributed by atoms with Gasteiger partial charge in [-0.3, -0.25) is 9.00 Å². The molecule has 2 aromatic carbocycles. The molecule has 1 unspecified atom stereocenters. The lowest BCUT2D eigenvalue weighted by Crippen LogP contribution is -2.19. The van der Waals surface area contributed by atoms with Gasteiger partial charge in [0.15, 0.2) is 5.13 Å². The number of amides is 1. The van der Waals surface area contributed by atoms with Gasteiger partial charge in [0.1, 0.15) is 5.75 Å². The van der Waals surface area contributed by atoms with Crippen molar-refractivity contribution in [1.82, 2.24) is 4.98 Å². The van der Waals surface area contributed by atoms with E-state index < -0.39 is 10.8 Å². The Bertz CT molecular complexity index is 923. The van der Waals surface area contributed by atoms with E-state index in [1.165, 1.54) is 11.3 Å². The Hall–Kier alpha value is -2.02. The Balaban J connectivity index is 1.65. The highest BCUT2D eigenvalue weighted by molar-refractivity contribution is 7.85. The van der Waals surface area contributed by atoms with Gasteiger partial charge < -0.3 is 5.32 Å². The summed E-state index contributed by atoms with van der Waals surface area (Å²) in [4.78, 5) is 17.2. The first kappa shape index (κ1) is 17.8. The second kappa shape index (κ2) is 7.91. The van der Waals surface area contributed by atoms with Gasteiger partial charge in [-0.25, -0.2) is 4.98 Å². The SMILES string of the molecule is Cc1ccccc1S(=O)CC(=O)Nc1nc(-c2ccc(Cl)cc2)cs1. The molecule has 0 saturated carbocycles. The third-order valence-electron chi connectivity index (χ3n) is 3.49. The second-order valence-corrected chi connectivity index (χ2v) is 8.06. The van der Waals surface area contributed by atoms with Gasteiger partial charge in [0.2, 0.25) is 5.91 Å². The lowest BCUT2D eigenvalue weighted by molar-refractivity contribution is -0.113. The number of hydrogen-bond donors (Lipinski definition) is 1. The third kappa shape index (κ3) is 4.54. The van der Waals surface area contributed by atoms with Crippen LogP contribution in [0.5, 0.6) is 0 Å². The van der Waals surface area contributed by atoms with Crippen molar-refractivity contribution in [3.63, 3.8) is 0 Å². The van der Waals surface area contributed by atoms with E-state index in [9.17, 15) is 9.00 Å². The van der Waals surface area contributed by atoms with Crippen LogP contribution in [0, 0.1) is 6.92 Å². The molecule has 128 valence electrons. The van der Waals surface area contributed by atoms with Gasteiger partial charge in [-0.2, -0.15) is 0 Å². The van der Waals surface area contributed by atoms with Crippen LogP contribution < -0.4 is 5.32 Å². The first-order valence-corrected chi connectivity index (χ1v) is 10.1. The maximum atomic E-state index is 12.3. The number of halogens is 1. The summed E-state index contributed by atoms with van der Waals surface area (Å²) in [5.74, 6) is -0.417. The number of rotatable bonds is 5. The molecule has 0 saturated heterocycles. The van der Waals surface area contributed by atoms with Crippen molar-refractivity contribution in [3.8, 4) is 11.3 Å². The molecule has 3 rings (SSSR count). The van der Waals surface area contributed by atoms with E-state index in [1.54, 1.807) is 18.2 Å². The summed E-state index contributed by atoms with van der Waals surface area (Å²) >= 11 is 7.21. The van der Waals surface area contributed by atoms with Crippen molar-refractivity contribution in [2.75, 3.05) is 11.1 Å². The number of nitrogens with zero attached hydrogens (tertiary/aromatic N) is 1. The Morgan fingerprint density at radius 1 is 1.20 bits per heavy atom. The quantitative estimate of drug-likeness (QED) is 0.696. The number of carbonyl (C=O) groups excluding carboxylic acids is 1. The number of aromatic nitrogens is 1. The van der Waals surface area contributed by atoms with Crippen LogP contribution in [0.3, 0.4) is 0 Å². The summed E-state index contributed by atoms with van der Waals surface area (Å²) in [5.41, 5.74) is 2.59. The third-order valence-corrected chi connectivity index (χ3v) is 5.97. The van der Waals surface area contributed by atoms with Crippen molar-refractivity contribution >= 4 is 44.8 Å². The number of anilines is 1. The lowest BCUT2D eigenvalue weighted by Gasteiger charge is -2.05. The average molecular weight is 391 g/mol. The number of thiazole rings is 1. The van der Waals surface area contributed by atoms with E-state index >= 15 is 0 Å². The summed E-state index contributed by atoms with van der Waals surface area (Å²) in [6, 6.07) is 14.7. The van der Waals surface area contributed by atoms with Crippen LogP contribution in [0.2, 0.25) is 5.02 Å². The maximum Gasteiger partial charge on any atom is 0.239 e. The molecule has 0 aliphatic carbocycles. The van der Waals surface area contributed by atoms with Crippen LogP contribution in [0.25, 0.3) is 11.3 Å². The summed E-state index contributed by atoms with van der Waals surface area (Å²) in [6.07, 6.45) is 0. The van der Waals surface area contributed by atoms with Crippen molar-refractivity contribution in [1.29, 1.82) is 0 Å². The number of aryl methyl sites for hydroxylation is 1. The topological polar surface area (TPSA) is 59.1 Å². The predicted octanol–water partition coefficient (Wildman–Crippen LogP) is 4.52. The minimum absolute atomic E-state index is 0.0965. The zero-order valence-corrected chi connectivity index (χ0v) is 15.8. The summed E-state index contributed by atoms with van der Waals surface area (Å²) in [5, 5.41) is 5.71. The van der Waals surface area contributed by atoms with Crippen LogP contribution >= 0.6 is 22.9 Å². The van der Waals surface area contributed by atoms with E-state index in [0.29, 0.717) is 15.0 Å². The Morgan fingerprint density at radius 3 is 2.64 bits per heavy atom. The maximum absolute atomic E-state index is 12.3. The Kier molecular flexibility index (Phi) is 5.63. The normalized spacial score (nSPS) is 11.9. The number of carbonyl (C=O) groups is 1. The fourth-order valence-corrected chi connectivity index (χ4v) is 4.23. The standard InChI is InChI=1S/C18H15ClN2O2S2/c1-12-4-2-3-5-16(12)25(23)11-17(22)21-18-20-15(10-24-18)13-6-8-14(19)9-7-13/h2-10H,11H2,1H3,(H,20,21,22). The minimum atomic E-state index is -1.38. The van der Waals surface area contributed by atoms with Crippen molar-refractivity contribution in [2.45, 2.75) is 11.8 Å². The molecule has 25 heavy (non-hydrogen) atoms. The van der Waals surface area contributed by atoms with Crippen LogP contribution in [-0.4, -0.2) is 20.9 Å². The fourth-order valence-electron chi connectivity index (χ4n) is 2.25. The Morgan fingerprint density at radius 2 is 1.92 bits per heavy atom. The zero-order valence-electron chi connectivity index (χ0n) is 13.4. The van der Waals surface area contributed by atoms with Gasteiger partial charge in [-0.1, -0.05) is 41.9 Å². The van der Waals surface area contributed by atoms with E-state index in [2.05, 4.69) is 10.3 Å². The van der Waals surface area contributed by atoms with E-state index in [4.69, 9.17) is 11.6 Å². The lowest BCUT2D eigenvalue weighted by atomic mass is 10.2. The monoisotopic (exact) mass is 390 g/mol. The fraction of sp³-hybridized carbons (Fsp3) is 0.111. The molecule has 0 radical (unpaired) electrons. The van der Waals surface area contributed by atoms with Gasteiger partial charge >= 0.3 is 0 Å². The summed E-state index contributed by atoms with van der Waals surface area (Å²) in [6.45, 7) is 1.88. The first-order valence-electron chi connectivity index (χ1n) is 7.48. The highest BCUT2D eigenvalue weighted by Crippen LogP contribution is 2.26. The molecule has 7 heteroatoms. The molecule has 0 bridgehead atoms. The van der Waals surface area contributed by atoms with Crippen LogP contribution in [-0.2, 0) is 15.6 Å². The van der Waals surface area contributed by atoms with E-state index in [1.807, 2.05) is 42.6 Å². The van der Waals surface area contributed by atoms with Gasteiger partial charge in [-0.05, 0) is 30.7 Å². The van der Waals surface area contributed by atoms with Crippen molar-refractivity contribution in [2.24, 2.45) is 0 Å².